The van der Waals surface area contributed by atoms with E-state index in [0.717, 1.165) is 24.1 Å². The van der Waals surface area contributed by atoms with Gasteiger partial charge >= 0.3 is 0 Å². The molecule has 0 radical (unpaired) electrons. The first kappa shape index (κ1) is 15.8. The summed E-state index contributed by atoms with van der Waals surface area (Å²) < 4.78 is 7.91. The topological polar surface area (TPSA) is 70.1 Å². The maximum Gasteiger partial charge on any atom is 0.249 e. The van der Waals surface area contributed by atoms with Gasteiger partial charge in [-0.1, -0.05) is 19.4 Å². The van der Waals surface area contributed by atoms with Crippen LogP contribution in [0.3, 0.4) is 0 Å². The number of hydrogen-bond donors (Lipinski definition) is 1. The molecule has 0 spiro atoms. The molecule has 1 aromatic heterocycles. The molecule has 0 fully saturated rings. The van der Waals surface area contributed by atoms with Crippen molar-refractivity contribution < 1.29 is 9.53 Å². The van der Waals surface area contributed by atoms with E-state index in [9.17, 15) is 4.79 Å². The van der Waals surface area contributed by atoms with Crippen molar-refractivity contribution in [3.8, 4) is 17.2 Å². The number of benzene rings is 2. The Hall–Kier alpha value is -3.08. The maximum atomic E-state index is 11.6. The lowest BCUT2D eigenvalue weighted by Crippen LogP contribution is -2.14. The van der Waals surface area contributed by atoms with Gasteiger partial charge in [-0.25, -0.2) is 4.98 Å². The van der Waals surface area contributed by atoms with Gasteiger partial charge in [-0.15, -0.1) is 0 Å². The van der Waals surface area contributed by atoms with Crippen molar-refractivity contribution in [2.45, 2.75) is 19.8 Å². The summed E-state index contributed by atoms with van der Waals surface area (Å²) in [5, 5.41) is 0. The Kier molecular flexibility index (Phi) is 4.61. The second-order valence-electron chi connectivity index (χ2n) is 5.46. The molecule has 5 nitrogen and oxygen atoms in total. The van der Waals surface area contributed by atoms with Crippen molar-refractivity contribution in [1.82, 2.24) is 9.55 Å². The zero-order valence-electron chi connectivity index (χ0n) is 13.5. The van der Waals surface area contributed by atoms with Gasteiger partial charge in [-0.3, -0.25) is 4.79 Å². The van der Waals surface area contributed by atoms with Crippen LogP contribution in [0.5, 0.6) is 11.5 Å². The number of hydrogen-bond acceptors (Lipinski definition) is 3. The van der Waals surface area contributed by atoms with Gasteiger partial charge in [0.1, 0.15) is 11.5 Å². The summed E-state index contributed by atoms with van der Waals surface area (Å²) >= 11 is 0. The molecule has 1 heterocycles. The van der Waals surface area contributed by atoms with Gasteiger partial charge in [-0.05, 0) is 42.8 Å². The fourth-order valence-electron chi connectivity index (χ4n) is 2.63. The Morgan fingerprint density at radius 2 is 2.00 bits per heavy atom. The van der Waals surface area contributed by atoms with Crippen LogP contribution in [0.2, 0.25) is 0 Å². The van der Waals surface area contributed by atoms with E-state index in [1.54, 1.807) is 24.7 Å². The summed E-state index contributed by atoms with van der Waals surface area (Å²) in [6.45, 7) is 2.06. The number of imidazole rings is 1. The zero-order chi connectivity index (χ0) is 16.9. The minimum absolute atomic E-state index is 0.431. The summed E-state index contributed by atoms with van der Waals surface area (Å²) in [7, 11) is 0. The molecule has 2 N–H and O–H groups in total. The van der Waals surface area contributed by atoms with Crippen LogP contribution in [0.25, 0.3) is 5.69 Å². The van der Waals surface area contributed by atoms with Crippen LogP contribution in [0.4, 0.5) is 0 Å². The van der Waals surface area contributed by atoms with E-state index in [-0.39, 0.29) is 0 Å². The lowest BCUT2D eigenvalue weighted by Gasteiger charge is -2.14. The average molecular weight is 321 g/mol. The van der Waals surface area contributed by atoms with Crippen LogP contribution in [-0.2, 0) is 6.42 Å². The van der Waals surface area contributed by atoms with Crippen molar-refractivity contribution >= 4 is 5.91 Å². The van der Waals surface area contributed by atoms with E-state index in [2.05, 4.69) is 11.9 Å². The maximum absolute atomic E-state index is 11.6. The molecule has 0 atom stereocenters. The van der Waals surface area contributed by atoms with Crippen molar-refractivity contribution in [2.75, 3.05) is 0 Å². The monoisotopic (exact) mass is 321 g/mol. The first-order valence-electron chi connectivity index (χ1n) is 7.87. The van der Waals surface area contributed by atoms with Gasteiger partial charge < -0.3 is 15.0 Å². The smallest absolute Gasteiger partial charge is 0.249 e. The predicted octanol–water partition coefficient (Wildman–Crippen LogP) is 3.72. The van der Waals surface area contributed by atoms with E-state index in [1.807, 2.05) is 41.1 Å². The van der Waals surface area contributed by atoms with Gasteiger partial charge in [0, 0.05) is 29.2 Å². The Bertz CT molecular complexity index is 824. The van der Waals surface area contributed by atoms with E-state index < -0.39 is 5.91 Å². The highest BCUT2D eigenvalue weighted by Gasteiger charge is 2.13. The Labute approximate surface area is 140 Å². The van der Waals surface area contributed by atoms with Crippen molar-refractivity contribution in [2.24, 2.45) is 5.73 Å². The Morgan fingerprint density at radius 3 is 2.62 bits per heavy atom. The molecule has 0 unspecified atom stereocenters. The van der Waals surface area contributed by atoms with Gasteiger partial charge in [-0.2, -0.15) is 0 Å². The first-order valence-corrected chi connectivity index (χ1v) is 7.87. The van der Waals surface area contributed by atoms with Crippen LogP contribution >= 0.6 is 0 Å². The number of aromatic nitrogens is 2. The van der Waals surface area contributed by atoms with Crippen molar-refractivity contribution in [3.63, 3.8) is 0 Å². The molecule has 3 rings (SSSR count). The molecular weight excluding hydrogens is 302 g/mol. The van der Waals surface area contributed by atoms with Gasteiger partial charge in [0.25, 0.3) is 0 Å². The molecule has 0 bridgehead atoms. The molecule has 0 aliphatic rings. The quantitative estimate of drug-likeness (QED) is 0.752. The molecule has 122 valence electrons. The van der Waals surface area contributed by atoms with Crippen LogP contribution in [0.1, 0.15) is 29.3 Å². The molecule has 0 saturated heterocycles. The number of amides is 1. The summed E-state index contributed by atoms with van der Waals surface area (Å²) in [6.07, 6.45) is 7.00. The molecule has 5 heteroatoms. The second kappa shape index (κ2) is 7.00. The standard InChI is InChI=1S/C19H19N3O2/c1-2-4-16-17(19(20)23)5-3-6-18(16)24-15-9-7-14(8-10-15)22-12-11-21-13-22/h3,5-13H,2,4H2,1H3,(H2,20,23). The van der Waals surface area contributed by atoms with Crippen LogP contribution in [0.15, 0.2) is 61.2 Å². The first-order chi connectivity index (χ1) is 11.7. The third-order valence-corrected chi connectivity index (χ3v) is 3.77. The van der Waals surface area contributed by atoms with Crippen LogP contribution in [0, 0.1) is 0 Å². The highest BCUT2D eigenvalue weighted by Crippen LogP contribution is 2.29. The number of rotatable bonds is 6. The molecule has 0 saturated carbocycles. The minimum atomic E-state index is -0.431. The van der Waals surface area contributed by atoms with Gasteiger partial charge in [0.05, 0.1) is 6.33 Å². The average Bonchev–Trinajstić information content (AvgIpc) is 3.11. The molecule has 2 aromatic carbocycles. The number of carbonyl (C=O) groups is 1. The largest absolute Gasteiger partial charge is 0.457 e. The van der Waals surface area contributed by atoms with Gasteiger partial charge in [0.2, 0.25) is 5.91 Å². The van der Waals surface area contributed by atoms with E-state index in [1.165, 1.54) is 0 Å². The normalized spacial score (nSPS) is 10.5. The van der Waals surface area contributed by atoms with E-state index in [0.29, 0.717) is 17.1 Å². The predicted molar refractivity (Wildman–Crippen MR) is 92.6 cm³/mol. The van der Waals surface area contributed by atoms with Crippen LogP contribution in [-0.4, -0.2) is 15.5 Å². The lowest BCUT2D eigenvalue weighted by molar-refractivity contribution is 0.0999. The molecule has 1 amide bonds. The highest BCUT2D eigenvalue weighted by molar-refractivity contribution is 5.95. The minimum Gasteiger partial charge on any atom is -0.457 e. The number of carbonyl (C=O) groups excluding carboxylic acids is 1. The fraction of sp³-hybridized carbons (Fsp3) is 0.158. The number of nitrogens with zero attached hydrogens (tertiary/aromatic N) is 2. The Morgan fingerprint density at radius 1 is 1.21 bits per heavy atom. The van der Waals surface area contributed by atoms with Crippen molar-refractivity contribution in [1.29, 1.82) is 0 Å². The van der Waals surface area contributed by atoms with Gasteiger partial charge in [0.15, 0.2) is 0 Å². The lowest BCUT2D eigenvalue weighted by atomic mass is 10.0. The third kappa shape index (κ3) is 3.30. The fourth-order valence-corrected chi connectivity index (χ4v) is 2.63. The summed E-state index contributed by atoms with van der Waals surface area (Å²) in [5.41, 5.74) is 7.85. The molecule has 0 aliphatic carbocycles. The van der Waals surface area contributed by atoms with E-state index >= 15 is 0 Å². The number of ether oxygens (including phenoxy) is 1. The number of nitrogens with two attached hydrogens (primary N) is 1. The third-order valence-electron chi connectivity index (χ3n) is 3.77. The number of primary amides is 1. The molecule has 3 aromatic rings. The molecule has 24 heavy (non-hydrogen) atoms. The van der Waals surface area contributed by atoms with Crippen LogP contribution < -0.4 is 10.5 Å². The SMILES string of the molecule is CCCc1c(Oc2ccc(-n3ccnc3)cc2)cccc1C(N)=O. The molecular formula is C19H19N3O2. The molecule has 0 aliphatic heterocycles. The second-order valence-corrected chi connectivity index (χ2v) is 5.46. The van der Waals surface area contributed by atoms with E-state index in [4.69, 9.17) is 10.5 Å². The highest BCUT2D eigenvalue weighted by atomic mass is 16.5. The summed E-state index contributed by atoms with van der Waals surface area (Å²) in [5.74, 6) is 0.945. The summed E-state index contributed by atoms with van der Waals surface area (Å²) in [6, 6.07) is 13.1. The summed E-state index contributed by atoms with van der Waals surface area (Å²) in [4.78, 5) is 15.7. The zero-order valence-corrected chi connectivity index (χ0v) is 13.5. The van der Waals surface area contributed by atoms with Crippen molar-refractivity contribution in [3.05, 3.63) is 72.3 Å². The Balaban J connectivity index is 1.88.